The first-order valence-corrected chi connectivity index (χ1v) is 6.41. The monoisotopic (exact) mass is 228 g/mol. The predicted molar refractivity (Wildman–Crippen MR) is 69.6 cm³/mol. The lowest BCUT2D eigenvalue weighted by Crippen LogP contribution is -2.29. The average Bonchev–Trinajstić information content (AvgIpc) is 2.81. The van der Waals surface area contributed by atoms with Crippen LogP contribution >= 0.6 is 0 Å². The molecule has 0 bridgehead atoms. The fourth-order valence-electron chi connectivity index (χ4n) is 2.67. The molecule has 0 N–H and O–H groups in total. The normalized spacial score (nSPS) is 22.6. The van der Waals surface area contributed by atoms with E-state index < -0.39 is 0 Å². The van der Waals surface area contributed by atoms with Crippen molar-refractivity contribution in [1.82, 2.24) is 4.90 Å². The fourth-order valence-corrected chi connectivity index (χ4v) is 2.67. The van der Waals surface area contributed by atoms with E-state index in [0.717, 1.165) is 19.5 Å². The first-order chi connectivity index (χ1) is 8.22. The Balaban J connectivity index is 2.09. The zero-order valence-electron chi connectivity index (χ0n) is 10.6. The summed E-state index contributed by atoms with van der Waals surface area (Å²) in [5.41, 5.74) is 1.17. The standard InChI is InChI=1S/C15H20N2/c1-12(2)17-9-8-14(11-17)15(10-16)13-6-4-3-5-7-13/h3-7,12,14-15H,8-9,11H2,1-2H3/t14-,15-/m0/s1. The summed E-state index contributed by atoms with van der Waals surface area (Å²) >= 11 is 0. The molecule has 2 rings (SSSR count). The van der Waals surface area contributed by atoms with Gasteiger partial charge in [-0.25, -0.2) is 0 Å². The third kappa shape index (κ3) is 2.68. The van der Waals surface area contributed by atoms with E-state index in [0.29, 0.717) is 12.0 Å². The number of hydrogen-bond acceptors (Lipinski definition) is 2. The molecule has 1 saturated heterocycles. The lowest BCUT2D eigenvalue weighted by atomic mass is 9.86. The lowest BCUT2D eigenvalue weighted by Gasteiger charge is -2.22. The van der Waals surface area contributed by atoms with E-state index in [1.165, 1.54) is 5.56 Å². The number of likely N-dealkylation sites (tertiary alicyclic amines) is 1. The maximum atomic E-state index is 9.40. The van der Waals surface area contributed by atoms with Crippen molar-refractivity contribution < 1.29 is 0 Å². The van der Waals surface area contributed by atoms with E-state index in [2.05, 4.69) is 36.9 Å². The van der Waals surface area contributed by atoms with Crippen LogP contribution in [0.25, 0.3) is 0 Å². The summed E-state index contributed by atoms with van der Waals surface area (Å²) in [4.78, 5) is 2.47. The Labute approximate surface area is 104 Å². The Morgan fingerprint density at radius 1 is 1.29 bits per heavy atom. The Kier molecular flexibility index (Phi) is 3.81. The van der Waals surface area contributed by atoms with Crippen molar-refractivity contribution in [2.45, 2.75) is 32.2 Å². The highest BCUT2D eigenvalue weighted by atomic mass is 15.2. The highest BCUT2D eigenvalue weighted by Crippen LogP contribution is 2.32. The molecule has 0 aliphatic carbocycles. The van der Waals surface area contributed by atoms with Gasteiger partial charge in [0.2, 0.25) is 0 Å². The minimum absolute atomic E-state index is 0.0555. The van der Waals surface area contributed by atoms with E-state index >= 15 is 0 Å². The van der Waals surface area contributed by atoms with Gasteiger partial charge < -0.3 is 4.90 Å². The topological polar surface area (TPSA) is 27.0 Å². The molecule has 1 aromatic carbocycles. The van der Waals surface area contributed by atoms with Gasteiger partial charge in [0.25, 0.3) is 0 Å². The zero-order valence-corrected chi connectivity index (χ0v) is 10.6. The molecular weight excluding hydrogens is 208 g/mol. The molecular formula is C15H20N2. The molecule has 0 unspecified atom stereocenters. The number of benzene rings is 1. The van der Waals surface area contributed by atoms with Gasteiger partial charge in [0.1, 0.15) is 0 Å². The van der Waals surface area contributed by atoms with Gasteiger partial charge in [-0.05, 0) is 38.3 Å². The van der Waals surface area contributed by atoms with E-state index in [-0.39, 0.29) is 5.92 Å². The summed E-state index contributed by atoms with van der Waals surface area (Å²) < 4.78 is 0. The highest BCUT2D eigenvalue weighted by Gasteiger charge is 2.31. The molecule has 90 valence electrons. The van der Waals surface area contributed by atoms with Crippen LogP contribution in [0, 0.1) is 17.2 Å². The number of rotatable bonds is 3. The Hall–Kier alpha value is -1.33. The maximum Gasteiger partial charge on any atom is 0.0753 e. The molecule has 0 amide bonds. The molecule has 1 aromatic rings. The predicted octanol–water partition coefficient (Wildman–Crippen LogP) is 3.02. The molecule has 17 heavy (non-hydrogen) atoms. The van der Waals surface area contributed by atoms with Crippen LogP contribution in [-0.4, -0.2) is 24.0 Å². The van der Waals surface area contributed by atoms with Crippen molar-refractivity contribution >= 4 is 0 Å². The molecule has 2 atom stereocenters. The van der Waals surface area contributed by atoms with Crippen molar-refractivity contribution in [3.8, 4) is 6.07 Å². The van der Waals surface area contributed by atoms with Crippen molar-refractivity contribution in [2.24, 2.45) is 5.92 Å². The van der Waals surface area contributed by atoms with Crippen molar-refractivity contribution in [1.29, 1.82) is 5.26 Å². The van der Waals surface area contributed by atoms with Gasteiger partial charge in [0, 0.05) is 12.6 Å². The molecule has 1 heterocycles. The highest BCUT2D eigenvalue weighted by molar-refractivity contribution is 5.26. The van der Waals surface area contributed by atoms with Gasteiger partial charge >= 0.3 is 0 Å². The zero-order chi connectivity index (χ0) is 12.3. The molecule has 0 spiro atoms. The second-order valence-corrected chi connectivity index (χ2v) is 5.15. The van der Waals surface area contributed by atoms with E-state index in [1.54, 1.807) is 0 Å². The SMILES string of the molecule is CC(C)N1CC[C@H]([C@@H](C#N)c2ccccc2)C1. The Morgan fingerprint density at radius 2 is 2.00 bits per heavy atom. The third-order valence-electron chi connectivity index (χ3n) is 3.76. The molecule has 0 saturated carbocycles. The van der Waals surface area contributed by atoms with Gasteiger partial charge in [0.15, 0.2) is 0 Å². The minimum atomic E-state index is 0.0555. The Morgan fingerprint density at radius 3 is 2.53 bits per heavy atom. The number of nitrogens with zero attached hydrogens (tertiary/aromatic N) is 2. The molecule has 0 aromatic heterocycles. The molecule has 0 radical (unpaired) electrons. The van der Waals surface area contributed by atoms with Crippen LogP contribution in [0.4, 0.5) is 0 Å². The average molecular weight is 228 g/mol. The van der Waals surface area contributed by atoms with E-state index in [4.69, 9.17) is 0 Å². The maximum absolute atomic E-state index is 9.40. The van der Waals surface area contributed by atoms with Crippen molar-refractivity contribution in [3.05, 3.63) is 35.9 Å². The van der Waals surface area contributed by atoms with Crippen LogP contribution in [0.2, 0.25) is 0 Å². The summed E-state index contributed by atoms with van der Waals surface area (Å²) in [6, 6.07) is 13.3. The van der Waals surface area contributed by atoms with Gasteiger partial charge in [-0.15, -0.1) is 0 Å². The quantitative estimate of drug-likeness (QED) is 0.795. The van der Waals surface area contributed by atoms with E-state index in [1.807, 2.05) is 18.2 Å². The summed E-state index contributed by atoms with van der Waals surface area (Å²) in [6.07, 6.45) is 1.14. The number of nitriles is 1. The third-order valence-corrected chi connectivity index (χ3v) is 3.76. The van der Waals surface area contributed by atoms with Gasteiger partial charge in [-0.3, -0.25) is 0 Å². The second-order valence-electron chi connectivity index (χ2n) is 5.15. The first kappa shape index (κ1) is 12.1. The number of hydrogen-bond donors (Lipinski definition) is 0. The second kappa shape index (κ2) is 5.33. The van der Waals surface area contributed by atoms with Crippen LogP contribution in [0.5, 0.6) is 0 Å². The summed E-state index contributed by atoms with van der Waals surface area (Å²) in [7, 11) is 0. The fraction of sp³-hybridized carbons (Fsp3) is 0.533. The molecule has 1 aliphatic heterocycles. The van der Waals surface area contributed by atoms with Crippen molar-refractivity contribution in [3.63, 3.8) is 0 Å². The first-order valence-electron chi connectivity index (χ1n) is 6.41. The lowest BCUT2D eigenvalue weighted by molar-refractivity contribution is 0.262. The summed E-state index contributed by atoms with van der Waals surface area (Å²) in [6.45, 7) is 6.65. The van der Waals surface area contributed by atoms with Crippen molar-refractivity contribution in [2.75, 3.05) is 13.1 Å². The van der Waals surface area contributed by atoms with Crippen LogP contribution in [0.15, 0.2) is 30.3 Å². The molecule has 2 heteroatoms. The molecule has 1 fully saturated rings. The minimum Gasteiger partial charge on any atom is -0.301 e. The van der Waals surface area contributed by atoms with E-state index in [9.17, 15) is 5.26 Å². The van der Waals surface area contributed by atoms with Gasteiger partial charge in [-0.2, -0.15) is 5.26 Å². The van der Waals surface area contributed by atoms with Crippen LogP contribution in [0.3, 0.4) is 0 Å². The largest absolute Gasteiger partial charge is 0.301 e. The van der Waals surface area contributed by atoms with Gasteiger partial charge in [0.05, 0.1) is 12.0 Å². The van der Waals surface area contributed by atoms with Crippen LogP contribution in [-0.2, 0) is 0 Å². The van der Waals surface area contributed by atoms with Crippen LogP contribution in [0.1, 0.15) is 31.7 Å². The van der Waals surface area contributed by atoms with Gasteiger partial charge in [-0.1, -0.05) is 30.3 Å². The summed E-state index contributed by atoms with van der Waals surface area (Å²) in [5.74, 6) is 0.546. The Bertz CT molecular complexity index is 391. The smallest absolute Gasteiger partial charge is 0.0753 e. The molecule has 2 nitrogen and oxygen atoms in total. The summed E-state index contributed by atoms with van der Waals surface area (Å²) in [5, 5.41) is 9.40. The molecule has 1 aliphatic rings. The van der Waals surface area contributed by atoms with Crippen LogP contribution < -0.4 is 0 Å².